The normalized spacial score (nSPS) is 11.6. The predicted octanol–water partition coefficient (Wildman–Crippen LogP) is 30.8. The Morgan fingerprint density at radius 3 is 0.855 bits per heavy atom. The highest BCUT2D eigenvalue weighted by Gasteiger charge is 2.27. The molecule has 110 heavy (non-hydrogen) atoms. The molecular weight excluding hydrogens is 1370 g/mol. The van der Waals surface area contributed by atoms with Gasteiger partial charge in [0.05, 0.1) is 22.7 Å². The van der Waals surface area contributed by atoms with Crippen LogP contribution in [0.4, 0.5) is 68.2 Å². The van der Waals surface area contributed by atoms with Crippen molar-refractivity contribution in [1.82, 2.24) is 0 Å². The lowest BCUT2D eigenvalue weighted by Gasteiger charge is -2.28. The average Bonchev–Trinajstić information content (AvgIpc) is 1.57. The SMILES string of the molecule is Cc1ccc(N(c2ccc(C)cc2)c2cc3c4cc(N(c5ccc(C)cc5)c5ccc(Cc6ccccc6-c6cccc(N(c7ccccc7)c7cc8c9cc(N(c%10ccccc%10)c%10cccc(-c%11ccccc%11)c%10)c%10ccccc%10c9sc8c8ccccc78)c6)cc5)c5ccccc5c4sc3c3ccccc23)cc1. The second kappa shape index (κ2) is 27.8. The highest BCUT2D eigenvalue weighted by Crippen LogP contribution is 2.54. The van der Waals surface area contributed by atoms with Crippen molar-refractivity contribution in [3.63, 3.8) is 0 Å². The third-order valence-electron chi connectivity index (χ3n) is 22.0. The van der Waals surface area contributed by atoms with Gasteiger partial charge in [0.15, 0.2) is 0 Å². The van der Waals surface area contributed by atoms with Gasteiger partial charge >= 0.3 is 0 Å². The van der Waals surface area contributed by atoms with E-state index >= 15 is 0 Å². The van der Waals surface area contributed by atoms with Crippen LogP contribution in [0.3, 0.4) is 0 Å². The summed E-state index contributed by atoms with van der Waals surface area (Å²) < 4.78 is 5.13. The van der Waals surface area contributed by atoms with E-state index in [1.807, 2.05) is 22.7 Å². The van der Waals surface area contributed by atoms with E-state index in [1.165, 1.54) is 128 Å². The fourth-order valence-electron chi connectivity index (χ4n) is 16.7. The van der Waals surface area contributed by atoms with Crippen LogP contribution in [0.2, 0.25) is 0 Å². The van der Waals surface area contributed by atoms with Crippen molar-refractivity contribution in [2.45, 2.75) is 27.2 Å². The highest BCUT2D eigenvalue weighted by atomic mass is 32.1. The maximum atomic E-state index is 2.48. The second-order valence-corrected chi connectivity index (χ2v) is 31.0. The van der Waals surface area contributed by atoms with Crippen LogP contribution in [0.5, 0.6) is 0 Å². The Morgan fingerprint density at radius 1 is 0.200 bits per heavy atom. The molecule has 0 atom stereocenters. The first kappa shape index (κ1) is 66.1. The molecule has 0 aliphatic rings. The Kier molecular flexibility index (Phi) is 16.7. The zero-order valence-corrected chi connectivity index (χ0v) is 62.8. The van der Waals surface area contributed by atoms with E-state index < -0.39 is 0 Å². The van der Waals surface area contributed by atoms with Crippen LogP contribution in [-0.2, 0) is 6.42 Å². The molecule has 0 aliphatic carbocycles. The molecule has 0 radical (unpaired) electrons. The lowest BCUT2D eigenvalue weighted by molar-refractivity contribution is 1.19. The van der Waals surface area contributed by atoms with Gasteiger partial charge in [0, 0.05) is 129 Å². The maximum Gasteiger partial charge on any atom is 0.0547 e. The number of nitrogens with zero attached hydrogens (tertiary/aromatic N) is 4. The van der Waals surface area contributed by atoms with Gasteiger partial charge in [0.25, 0.3) is 0 Å². The number of rotatable bonds is 16. The largest absolute Gasteiger partial charge is 0.310 e. The monoisotopic (exact) mass is 1440 g/mol. The molecular formula is C104H74N4S2. The van der Waals surface area contributed by atoms with Gasteiger partial charge in [0.2, 0.25) is 0 Å². The lowest BCUT2D eigenvalue weighted by Crippen LogP contribution is -2.11. The Bertz CT molecular complexity index is 6850. The van der Waals surface area contributed by atoms with Gasteiger partial charge in [-0.2, -0.15) is 0 Å². The molecule has 20 aromatic rings. The summed E-state index contributed by atoms with van der Waals surface area (Å²) in [6.45, 7) is 6.49. The number of thiophene rings is 2. The summed E-state index contributed by atoms with van der Waals surface area (Å²) >= 11 is 3.82. The van der Waals surface area contributed by atoms with Gasteiger partial charge in [0.1, 0.15) is 0 Å². The summed E-state index contributed by atoms with van der Waals surface area (Å²) in [6.07, 6.45) is 0.741. The molecule has 0 N–H and O–H groups in total. The number of anilines is 12. The molecule has 20 rings (SSSR count). The van der Waals surface area contributed by atoms with Crippen molar-refractivity contribution < 1.29 is 0 Å². The summed E-state index contributed by atoms with van der Waals surface area (Å²) in [5, 5.41) is 14.7. The minimum atomic E-state index is 0.741. The molecule has 2 heterocycles. The van der Waals surface area contributed by atoms with Crippen LogP contribution in [0.25, 0.3) is 106 Å². The van der Waals surface area contributed by atoms with Crippen molar-refractivity contribution >= 4 is 174 Å². The van der Waals surface area contributed by atoms with Gasteiger partial charge < -0.3 is 19.6 Å². The first-order valence-electron chi connectivity index (χ1n) is 37.8. The first-order valence-corrected chi connectivity index (χ1v) is 39.4. The number of hydrogen-bond donors (Lipinski definition) is 0. The van der Waals surface area contributed by atoms with E-state index in [0.717, 1.165) is 80.2 Å². The van der Waals surface area contributed by atoms with Crippen LogP contribution in [0.1, 0.15) is 27.8 Å². The van der Waals surface area contributed by atoms with Gasteiger partial charge in [-0.15, -0.1) is 22.7 Å². The van der Waals surface area contributed by atoms with E-state index in [0.29, 0.717) is 0 Å². The molecule has 522 valence electrons. The molecule has 0 saturated carbocycles. The van der Waals surface area contributed by atoms with Crippen LogP contribution in [-0.4, -0.2) is 0 Å². The Labute approximate surface area is 648 Å². The quantitative estimate of drug-likeness (QED) is 0.0956. The number of para-hydroxylation sites is 2. The van der Waals surface area contributed by atoms with E-state index in [2.05, 4.69) is 423 Å². The van der Waals surface area contributed by atoms with Gasteiger partial charge in [-0.25, -0.2) is 0 Å². The first-order chi connectivity index (χ1) is 54.3. The minimum absolute atomic E-state index is 0.741. The fourth-order valence-corrected chi connectivity index (χ4v) is 19.3. The average molecular weight is 1440 g/mol. The van der Waals surface area contributed by atoms with E-state index in [9.17, 15) is 0 Å². The molecule has 0 fully saturated rings. The standard InChI is InChI=1S/C104H74N4S2/c1-68-45-53-78(54-46-68)105(79-55-47-69(2)48-56-79)97-64-93-94-65-98(86-38-16-20-42-90(86)102(94)109-101(93)89-41-19-15-37-85(89)97)106(80-57-49-70(3)50-58-80)81-59-51-71(52-60-81)61-74-27-13-14-36-84(74)75-29-24-35-83(63-75)108(77-32-11-6-12-33-77)100-67-96-95-66-99(87-39-17-21-43-91(87)103(95)110-104(96)92-44-22-18-40-88(92)100)107(76-30-9-5-10-31-76)82-34-23-28-73(62-82)72-25-7-4-8-26-72/h4-60,62-67H,61H2,1-3H3. The molecule has 6 heteroatoms. The minimum Gasteiger partial charge on any atom is -0.310 e. The number of fused-ring (bicyclic) bond motifs is 14. The van der Waals surface area contributed by atoms with Crippen molar-refractivity contribution in [3.05, 3.63) is 410 Å². The number of aryl methyl sites for hydroxylation is 3. The lowest BCUT2D eigenvalue weighted by atomic mass is 9.94. The highest BCUT2D eigenvalue weighted by molar-refractivity contribution is 7.28. The molecule has 0 spiro atoms. The summed E-state index contributed by atoms with van der Waals surface area (Å²) in [5.74, 6) is 0. The molecule has 0 saturated heterocycles. The molecule has 0 amide bonds. The zero-order valence-electron chi connectivity index (χ0n) is 61.2. The summed E-state index contributed by atoms with van der Waals surface area (Å²) in [7, 11) is 0. The van der Waals surface area contributed by atoms with Crippen LogP contribution < -0.4 is 19.6 Å². The molecule has 0 aliphatic heterocycles. The molecule has 0 unspecified atom stereocenters. The van der Waals surface area contributed by atoms with Crippen LogP contribution in [0, 0.1) is 20.8 Å². The summed E-state index contributed by atoms with van der Waals surface area (Å²) in [4.78, 5) is 9.86. The van der Waals surface area contributed by atoms with Crippen LogP contribution >= 0.6 is 22.7 Å². The Balaban J connectivity index is 0.686. The topological polar surface area (TPSA) is 13.0 Å². The zero-order chi connectivity index (χ0) is 73.3. The van der Waals surface area contributed by atoms with E-state index in [4.69, 9.17) is 0 Å². The second-order valence-electron chi connectivity index (χ2n) is 29.0. The third-order valence-corrected chi connectivity index (χ3v) is 24.6. The predicted molar refractivity (Wildman–Crippen MR) is 475 cm³/mol. The van der Waals surface area contributed by atoms with Crippen molar-refractivity contribution in [1.29, 1.82) is 0 Å². The van der Waals surface area contributed by atoms with Crippen molar-refractivity contribution in [2.75, 3.05) is 19.6 Å². The molecule has 2 aromatic heterocycles. The van der Waals surface area contributed by atoms with E-state index in [1.54, 1.807) is 0 Å². The summed E-state index contributed by atoms with van der Waals surface area (Å²) in [5.41, 5.74) is 24.2. The van der Waals surface area contributed by atoms with Crippen LogP contribution in [0.15, 0.2) is 382 Å². The van der Waals surface area contributed by atoms with Gasteiger partial charge in [-0.1, -0.05) is 278 Å². The van der Waals surface area contributed by atoms with Crippen molar-refractivity contribution in [2.24, 2.45) is 0 Å². The van der Waals surface area contributed by atoms with E-state index in [-0.39, 0.29) is 0 Å². The van der Waals surface area contributed by atoms with Gasteiger partial charge in [-0.05, 0) is 182 Å². The maximum absolute atomic E-state index is 2.48. The Morgan fingerprint density at radius 2 is 0.473 bits per heavy atom. The number of hydrogen-bond acceptors (Lipinski definition) is 6. The van der Waals surface area contributed by atoms with Gasteiger partial charge in [-0.3, -0.25) is 0 Å². The smallest absolute Gasteiger partial charge is 0.0547 e. The van der Waals surface area contributed by atoms with Crippen molar-refractivity contribution in [3.8, 4) is 22.3 Å². The fraction of sp³-hybridized carbons (Fsp3) is 0.0385. The molecule has 4 nitrogen and oxygen atoms in total. The Hall–Kier alpha value is -13.4. The summed E-state index contributed by atoms with van der Waals surface area (Å²) in [6, 6.07) is 142. The molecule has 18 aromatic carbocycles. The number of benzene rings is 18. The third kappa shape index (κ3) is 11.8. The molecule has 0 bridgehead atoms.